The van der Waals surface area contributed by atoms with Crippen molar-refractivity contribution in [3.05, 3.63) is 48.0 Å². The lowest BCUT2D eigenvalue weighted by Crippen LogP contribution is -2.16. The fourth-order valence-electron chi connectivity index (χ4n) is 1.20. The van der Waals surface area contributed by atoms with Crippen molar-refractivity contribution in [1.29, 1.82) is 5.41 Å². The third-order valence-corrected chi connectivity index (χ3v) is 1.98. The summed E-state index contributed by atoms with van der Waals surface area (Å²) in [5.41, 5.74) is 0.767. The minimum absolute atomic E-state index is 0.0403. The Morgan fingerprint density at radius 3 is 2.93 bits per heavy atom. The Bertz CT molecular complexity index is 488. The molecule has 0 aromatic carbocycles. The normalized spacial score (nSPS) is 10.1. The van der Waals surface area contributed by atoms with Gasteiger partial charge in [0.2, 0.25) is 0 Å². The summed E-state index contributed by atoms with van der Waals surface area (Å²) in [7, 11) is 0. The van der Waals surface area contributed by atoms with Gasteiger partial charge in [0.15, 0.2) is 5.49 Å². The highest BCUT2D eigenvalue weighted by molar-refractivity contribution is 5.39. The lowest BCUT2D eigenvalue weighted by Gasteiger charge is -2.05. The van der Waals surface area contributed by atoms with Gasteiger partial charge in [-0.2, -0.15) is 4.73 Å². The van der Waals surface area contributed by atoms with Gasteiger partial charge < -0.3 is 14.9 Å². The van der Waals surface area contributed by atoms with E-state index in [2.05, 4.69) is 5.32 Å². The Labute approximate surface area is 86.1 Å². The van der Waals surface area contributed by atoms with Gasteiger partial charge in [-0.1, -0.05) is 0 Å². The van der Waals surface area contributed by atoms with Crippen molar-refractivity contribution in [2.45, 2.75) is 6.54 Å². The molecule has 0 aliphatic carbocycles. The first-order valence-electron chi connectivity index (χ1n) is 4.48. The van der Waals surface area contributed by atoms with Gasteiger partial charge in [0.1, 0.15) is 5.76 Å². The Morgan fingerprint density at radius 1 is 1.40 bits per heavy atom. The van der Waals surface area contributed by atoms with Crippen LogP contribution >= 0.6 is 0 Å². The van der Waals surface area contributed by atoms with Crippen molar-refractivity contribution < 1.29 is 9.62 Å². The molecule has 0 aliphatic heterocycles. The summed E-state index contributed by atoms with van der Waals surface area (Å²) in [6.07, 6.45) is 3.04. The van der Waals surface area contributed by atoms with E-state index in [1.807, 2.05) is 12.1 Å². The van der Waals surface area contributed by atoms with Crippen LogP contribution in [0.4, 0.5) is 5.69 Å². The Balaban J connectivity index is 2.05. The number of hydrogen-bond donors (Lipinski definition) is 3. The maximum absolute atomic E-state index is 9.22. The molecular weight excluding hydrogens is 194 g/mol. The number of hydrogen-bond acceptors (Lipinski definition) is 4. The Kier molecular flexibility index (Phi) is 2.45. The van der Waals surface area contributed by atoms with Crippen LogP contribution in [0.1, 0.15) is 5.76 Å². The van der Waals surface area contributed by atoms with E-state index in [0.717, 1.165) is 16.2 Å². The van der Waals surface area contributed by atoms with Crippen LogP contribution < -0.4 is 10.8 Å². The molecule has 2 aromatic heterocycles. The van der Waals surface area contributed by atoms with Crippen LogP contribution in [0.3, 0.4) is 0 Å². The molecule has 15 heavy (non-hydrogen) atoms. The second kappa shape index (κ2) is 3.91. The van der Waals surface area contributed by atoms with Crippen LogP contribution in [-0.4, -0.2) is 9.94 Å². The standard InChI is InChI=1S/C10H11N3O2/c11-10-4-3-8(7-13(10)14)12-6-9-2-1-5-15-9/h1-5,7,11-12,14H,6H2. The van der Waals surface area contributed by atoms with Gasteiger partial charge in [0.25, 0.3) is 0 Å². The van der Waals surface area contributed by atoms with E-state index in [-0.39, 0.29) is 5.49 Å². The zero-order valence-corrected chi connectivity index (χ0v) is 7.97. The second-order valence-corrected chi connectivity index (χ2v) is 3.08. The minimum atomic E-state index is 0.0403. The molecule has 0 atom stereocenters. The fourth-order valence-corrected chi connectivity index (χ4v) is 1.20. The van der Waals surface area contributed by atoms with Crippen molar-refractivity contribution >= 4 is 5.69 Å². The Morgan fingerprint density at radius 2 is 2.27 bits per heavy atom. The number of anilines is 1. The molecule has 0 bridgehead atoms. The molecule has 0 amide bonds. The summed E-state index contributed by atoms with van der Waals surface area (Å²) in [6.45, 7) is 0.546. The smallest absolute Gasteiger partial charge is 0.160 e. The molecule has 0 aliphatic rings. The predicted molar refractivity (Wildman–Crippen MR) is 53.5 cm³/mol. The lowest BCUT2D eigenvalue weighted by atomic mass is 10.4. The van der Waals surface area contributed by atoms with E-state index >= 15 is 0 Å². The van der Waals surface area contributed by atoms with Gasteiger partial charge in [-0.3, -0.25) is 5.41 Å². The maximum Gasteiger partial charge on any atom is 0.160 e. The molecule has 0 radical (unpaired) electrons. The molecule has 0 unspecified atom stereocenters. The van der Waals surface area contributed by atoms with Crippen LogP contribution in [0, 0.1) is 5.41 Å². The van der Waals surface area contributed by atoms with Gasteiger partial charge in [0, 0.05) is 0 Å². The van der Waals surface area contributed by atoms with E-state index in [0.29, 0.717) is 6.54 Å². The molecular formula is C10H11N3O2. The summed E-state index contributed by atoms with van der Waals surface area (Å²) in [5, 5.41) is 19.5. The molecule has 0 saturated carbocycles. The highest BCUT2D eigenvalue weighted by Crippen LogP contribution is 2.06. The highest BCUT2D eigenvalue weighted by atomic mass is 16.5. The largest absolute Gasteiger partial charge is 0.467 e. The second-order valence-electron chi connectivity index (χ2n) is 3.08. The van der Waals surface area contributed by atoms with Crippen molar-refractivity contribution in [2.24, 2.45) is 0 Å². The number of furan rings is 1. The van der Waals surface area contributed by atoms with Gasteiger partial charge in [-0.15, -0.1) is 0 Å². The maximum atomic E-state index is 9.22. The van der Waals surface area contributed by atoms with Crippen molar-refractivity contribution in [3.63, 3.8) is 0 Å². The zero-order chi connectivity index (χ0) is 10.7. The number of pyridine rings is 1. The molecule has 5 nitrogen and oxygen atoms in total. The van der Waals surface area contributed by atoms with Gasteiger partial charge in [-0.05, 0) is 24.3 Å². The van der Waals surface area contributed by atoms with Crippen molar-refractivity contribution in [3.8, 4) is 0 Å². The first-order valence-corrected chi connectivity index (χ1v) is 4.48. The van der Waals surface area contributed by atoms with Crippen molar-refractivity contribution in [1.82, 2.24) is 4.73 Å². The number of aromatic nitrogens is 1. The van der Waals surface area contributed by atoms with Crippen LogP contribution in [0.5, 0.6) is 0 Å². The summed E-state index contributed by atoms with van der Waals surface area (Å²) >= 11 is 0. The molecule has 0 saturated heterocycles. The predicted octanol–water partition coefficient (Wildman–Crippen LogP) is 1.41. The van der Waals surface area contributed by atoms with Gasteiger partial charge in [-0.25, -0.2) is 0 Å². The van der Waals surface area contributed by atoms with E-state index in [1.165, 1.54) is 12.3 Å². The number of rotatable bonds is 3. The lowest BCUT2D eigenvalue weighted by molar-refractivity contribution is 0.171. The summed E-state index contributed by atoms with van der Waals surface area (Å²) in [4.78, 5) is 0. The summed E-state index contributed by atoms with van der Waals surface area (Å²) < 4.78 is 5.89. The van der Waals surface area contributed by atoms with E-state index < -0.39 is 0 Å². The first kappa shape index (κ1) is 9.39. The molecule has 2 heterocycles. The number of nitrogens with zero attached hydrogens (tertiary/aromatic N) is 1. The average Bonchev–Trinajstić information content (AvgIpc) is 2.73. The monoisotopic (exact) mass is 205 g/mol. The zero-order valence-electron chi connectivity index (χ0n) is 7.97. The third kappa shape index (κ3) is 2.19. The van der Waals surface area contributed by atoms with E-state index in [1.54, 1.807) is 12.3 Å². The molecule has 3 N–H and O–H groups in total. The number of nitrogens with one attached hydrogen (secondary N) is 2. The minimum Gasteiger partial charge on any atom is -0.467 e. The molecule has 5 heteroatoms. The molecule has 0 spiro atoms. The van der Waals surface area contributed by atoms with Crippen LogP contribution in [-0.2, 0) is 6.54 Å². The third-order valence-electron chi connectivity index (χ3n) is 1.98. The molecule has 2 rings (SSSR count). The first-order chi connectivity index (χ1) is 7.25. The molecule has 2 aromatic rings. The van der Waals surface area contributed by atoms with E-state index in [9.17, 15) is 5.21 Å². The fraction of sp³-hybridized carbons (Fsp3) is 0.100. The van der Waals surface area contributed by atoms with Crippen molar-refractivity contribution in [2.75, 3.05) is 5.32 Å². The quantitative estimate of drug-likeness (QED) is 0.663. The highest BCUT2D eigenvalue weighted by Gasteiger charge is 1.97. The van der Waals surface area contributed by atoms with Crippen LogP contribution in [0.2, 0.25) is 0 Å². The van der Waals surface area contributed by atoms with Gasteiger partial charge >= 0.3 is 0 Å². The SMILES string of the molecule is N=c1ccc(NCc2ccco2)cn1O. The Hall–Kier alpha value is -2.17. The van der Waals surface area contributed by atoms with Crippen LogP contribution in [0.25, 0.3) is 0 Å². The van der Waals surface area contributed by atoms with Crippen LogP contribution in [0.15, 0.2) is 41.1 Å². The van der Waals surface area contributed by atoms with E-state index in [4.69, 9.17) is 9.83 Å². The molecule has 78 valence electrons. The summed E-state index contributed by atoms with van der Waals surface area (Å²) in [5.74, 6) is 0.814. The molecule has 0 fully saturated rings. The summed E-state index contributed by atoms with van der Waals surface area (Å²) in [6, 6.07) is 6.90. The average molecular weight is 205 g/mol. The topological polar surface area (TPSA) is 74.2 Å². The van der Waals surface area contributed by atoms with Gasteiger partial charge in [0.05, 0.1) is 24.7 Å².